The van der Waals surface area contributed by atoms with Crippen LogP contribution in [0.4, 0.5) is 0 Å². The molecule has 130 valence electrons. The zero-order valence-electron chi connectivity index (χ0n) is 13.8. The van der Waals surface area contributed by atoms with E-state index in [2.05, 4.69) is 69.8 Å². The molecule has 1 aliphatic heterocycles. The highest BCUT2D eigenvalue weighted by molar-refractivity contribution is 9.10. The van der Waals surface area contributed by atoms with Crippen LogP contribution in [0.25, 0.3) is 0 Å². The second kappa shape index (κ2) is 10.1. The summed E-state index contributed by atoms with van der Waals surface area (Å²) in [4.78, 5) is 0. The lowest BCUT2D eigenvalue weighted by Crippen LogP contribution is -2.28. The second-order valence-corrected chi connectivity index (χ2v) is 7.11. The Morgan fingerprint density at radius 3 is 2.46 bits per heavy atom. The molecule has 0 aliphatic carbocycles. The van der Waals surface area contributed by atoms with Gasteiger partial charge < -0.3 is 10.1 Å². The molecule has 1 N–H and O–H groups in total. The molecule has 0 spiro atoms. The van der Waals surface area contributed by atoms with Crippen molar-refractivity contribution in [3.63, 3.8) is 0 Å². The number of benzene rings is 2. The van der Waals surface area contributed by atoms with Crippen LogP contribution in [-0.4, -0.2) is 19.7 Å². The van der Waals surface area contributed by atoms with Crippen LogP contribution in [0, 0.1) is 5.92 Å². The van der Waals surface area contributed by atoms with Crippen LogP contribution in [-0.2, 0) is 6.42 Å². The van der Waals surface area contributed by atoms with E-state index in [0.29, 0.717) is 0 Å². The van der Waals surface area contributed by atoms with Crippen molar-refractivity contribution >= 4 is 28.3 Å². The van der Waals surface area contributed by atoms with Gasteiger partial charge in [0.15, 0.2) is 0 Å². The van der Waals surface area contributed by atoms with Gasteiger partial charge in [0.2, 0.25) is 0 Å². The van der Waals surface area contributed by atoms with E-state index in [4.69, 9.17) is 4.74 Å². The molecule has 4 heteroatoms. The summed E-state index contributed by atoms with van der Waals surface area (Å²) in [5.74, 6) is 1.77. The summed E-state index contributed by atoms with van der Waals surface area (Å²) in [6, 6.07) is 17.0. The smallest absolute Gasteiger partial charge is 0.133 e. The number of hydrogen-bond donors (Lipinski definition) is 1. The van der Waals surface area contributed by atoms with Gasteiger partial charge in [-0.25, -0.2) is 0 Å². The third kappa shape index (κ3) is 5.80. The molecule has 1 aliphatic rings. The van der Waals surface area contributed by atoms with Crippen molar-refractivity contribution in [2.45, 2.75) is 25.7 Å². The van der Waals surface area contributed by atoms with E-state index in [9.17, 15) is 0 Å². The van der Waals surface area contributed by atoms with Crippen LogP contribution in [0.3, 0.4) is 0 Å². The normalized spacial score (nSPS) is 14.9. The van der Waals surface area contributed by atoms with Gasteiger partial charge in [0.05, 0.1) is 11.1 Å². The summed E-state index contributed by atoms with van der Waals surface area (Å²) in [6.45, 7) is 3.12. The maximum Gasteiger partial charge on any atom is 0.133 e. The van der Waals surface area contributed by atoms with E-state index < -0.39 is 0 Å². The van der Waals surface area contributed by atoms with E-state index >= 15 is 0 Å². The first-order valence-electron chi connectivity index (χ1n) is 8.47. The maximum absolute atomic E-state index is 5.98. The Morgan fingerprint density at radius 1 is 1.00 bits per heavy atom. The van der Waals surface area contributed by atoms with Crippen LogP contribution in [0.2, 0.25) is 0 Å². The molecule has 0 amide bonds. The number of hydrogen-bond acceptors (Lipinski definition) is 2. The lowest BCUT2D eigenvalue weighted by molar-refractivity contribution is 0.251. The fourth-order valence-corrected chi connectivity index (χ4v) is 3.65. The Balaban J connectivity index is 0.00000208. The summed E-state index contributed by atoms with van der Waals surface area (Å²) < 4.78 is 7.03. The van der Waals surface area contributed by atoms with Gasteiger partial charge in [-0.3, -0.25) is 0 Å². The van der Waals surface area contributed by atoms with Gasteiger partial charge in [-0.2, -0.15) is 0 Å². The first kappa shape index (κ1) is 19.3. The van der Waals surface area contributed by atoms with Gasteiger partial charge in [-0.1, -0.05) is 36.4 Å². The van der Waals surface area contributed by atoms with Crippen molar-refractivity contribution in [1.82, 2.24) is 5.32 Å². The quantitative estimate of drug-likeness (QED) is 0.704. The standard InChI is InChI=1S/C20H24BrNO.ClH/c21-19-15-18(14-17-4-2-1-3-5-17)6-7-20(19)23-13-10-16-8-11-22-12-9-16;/h1-7,15-16,22H,8-14H2;1H. The highest BCUT2D eigenvalue weighted by Gasteiger charge is 2.13. The average molecular weight is 411 g/mol. The number of nitrogens with one attached hydrogen (secondary N) is 1. The Morgan fingerprint density at radius 2 is 1.75 bits per heavy atom. The van der Waals surface area contributed by atoms with Gasteiger partial charge in [-0.15, -0.1) is 12.4 Å². The lowest BCUT2D eigenvalue weighted by atomic mass is 9.95. The molecular formula is C20H25BrClNO. The van der Waals surface area contributed by atoms with Gasteiger partial charge in [0.25, 0.3) is 0 Å². The Bertz CT molecular complexity index is 614. The Kier molecular flexibility index (Phi) is 8.10. The zero-order valence-corrected chi connectivity index (χ0v) is 16.2. The Hall–Kier alpha value is -1.03. The molecule has 0 atom stereocenters. The molecule has 2 aromatic carbocycles. The van der Waals surface area contributed by atoms with Crippen molar-refractivity contribution in [2.24, 2.45) is 5.92 Å². The van der Waals surface area contributed by atoms with E-state index in [1.54, 1.807) is 0 Å². The SMILES string of the molecule is Brc1cc(Cc2ccccc2)ccc1OCCC1CCNCC1.Cl. The van der Waals surface area contributed by atoms with Crippen molar-refractivity contribution in [3.05, 3.63) is 64.1 Å². The van der Waals surface area contributed by atoms with Crippen LogP contribution in [0.5, 0.6) is 5.75 Å². The molecule has 2 aromatic rings. The summed E-state index contributed by atoms with van der Waals surface area (Å²) in [5, 5.41) is 3.41. The molecule has 1 fully saturated rings. The first-order chi connectivity index (χ1) is 11.3. The van der Waals surface area contributed by atoms with Gasteiger partial charge >= 0.3 is 0 Å². The predicted octanol–water partition coefficient (Wildman–Crippen LogP) is 5.23. The number of ether oxygens (including phenoxy) is 1. The minimum Gasteiger partial charge on any atom is -0.492 e. The minimum atomic E-state index is 0. The molecule has 1 heterocycles. The Labute approximate surface area is 159 Å². The van der Waals surface area contributed by atoms with Crippen molar-refractivity contribution in [3.8, 4) is 5.75 Å². The molecule has 0 radical (unpaired) electrons. The number of rotatable bonds is 6. The zero-order chi connectivity index (χ0) is 15.9. The van der Waals surface area contributed by atoms with Crippen LogP contribution in [0.15, 0.2) is 53.0 Å². The topological polar surface area (TPSA) is 21.3 Å². The van der Waals surface area contributed by atoms with Crippen LogP contribution < -0.4 is 10.1 Å². The average Bonchev–Trinajstić information content (AvgIpc) is 2.59. The monoisotopic (exact) mass is 409 g/mol. The van der Waals surface area contributed by atoms with Gasteiger partial charge in [-0.05, 0) is 83.9 Å². The van der Waals surface area contributed by atoms with E-state index in [1.165, 1.54) is 24.0 Å². The number of piperidine rings is 1. The fourth-order valence-electron chi connectivity index (χ4n) is 3.11. The number of halogens is 2. The third-order valence-corrected chi connectivity index (χ3v) is 5.11. The summed E-state index contributed by atoms with van der Waals surface area (Å²) in [6.07, 6.45) is 4.66. The molecule has 2 nitrogen and oxygen atoms in total. The fraction of sp³-hybridized carbons (Fsp3) is 0.400. The second-order valence-electron chi connectivity index (χ2n) is 6.26. The highest BCUT2D eigenvalue weighted by atomic mass is 79.9. The van der Waals surface area contributed by atoms with E-state index in [1.807, 2.05) is 0 Å². The van der Waals surface area contributed by atoms with Crippen molar-refractivity contribution < 1.29 is 4.74 Å². The van der Waals surface area contributed by atoms with Gasteiger partial charge in [0, 0.05) is 0 Å². The molecule has 0 aromatic heterocycles. The predicted molar refractivity (Wildman–Crippen MR) is 106 cm³/mol. The largest absolute Gasteiger partial charge is 0.492 e. The molecule has 1 saturated heterocycles. The molecule has 0 bridgehead atoms. The molecule has 0 saturated carbocycles. The summed E-state index contributed by atoms with van der Waals surface area (Å²) in [7, 11) is 0. The molecular weight excluding hydrogens is 386 g/mol. The summed E-state index contributed by atoms with van der Waals surface area (Å²) in [5.41, 5.74) is 2.63. The molecule has 0 unspecified atom stereocenters. The van der Waals surface area contributed by atoms with Crippen LogP contribution in [0.1, 0.15) is 30.4 Å². The first-order valence-corrected chi connectivity index (χ1v) is 9.26. The van der Waals surface area contributed by atoms with Gasteiger partial charge in [0.1, 0.15) is 5.75 Å². The molecule has 24 heavy (non-hydrogen) atoms. The van der Waals surface area contributed by atoms with Crippen LogP contribution >= 0.6 is 28.3 Å². The summed E-state index contributed by atoms with van der Waals surface area (Å²) >= 11 is 3.65. The minimum absolute atomic E-state index is 0. The van der Waals surface area contributed by atoms with Crippen molar-refractivity contribution in [1.29, 1.82) is 0 Å². The molecule has 3 rings (SSSR count). The van der Waals surface area contributed by atoms with E-state index in [0.717, 1.165) is 48.7 Å². The lowest BCUT2D eigenvalue weighted by Gasteiger charge is -2.22. The highest BCUT2D eigenvalue weighted by Crippen LogP contribution is 2.28. The third-order valence-electron chi connectivity index (χ3n) is 4.49. The van der Waals surface area contributed by atoms with E-state index in [-0.39, 0.29) is 12.4 Å². The van der Waals surface area contributed by atoms with Crippen molar-refractivity contribution in [2.75, 3.05) is 19.7 Å². The maximum atomic E-state index is 5.98.